The molecular formula is C8H8ClFO5S2. The highest BCUT2D eigenvalue weighted by atomic mass is 35.7. The number of sulfone groups is 1. The summed E-state index contributed by atoms with van der Waals surface area (Å²) in [4.78, 5) is -0.703. The molecule has 0 unspecified atom stereocenters. The second-order valence-corrected chi connectivity index (χ2v) is 8.13. The van der Waals surface area contributed by atoms with Crippen LogP contribution in [-0.4, -0.2) is 28.2 Å². The van der Waals surface area contributed by atoms with Crippen LogP contribution in [0, 0.1) is 5.82 Å². The topological polar surface area (TPSA) is 88.5 Å². The van der Waals surface area contributed by atoms with Gasteiger partial charge in [0.25, 0.3) is 0 Å². The van der Waals surface area contributed by atoms with E-state index >= 15 is 0 Å². The zero-order valence-corrected chi connectivity index (χ0v) is 10.9. The fourth-order valence-electron chi connectivity index (χ4n) is 1.17. The van der Waals surface area contributed by atoms with Crippen LogP contribution in [0.15, 0.2) is 17.0 Å². The van der Waals surface area contributed by atoms with E-state index in [1.165, 1.54) is 0 Å². The van der Waals surface area contributed by atoms with Crippen LogP contribution in [0.4, 0.5) is 4.39 Å². The molecule has 0 aliphatic heterocycles. The summed E-state index contributed by atoms with van der Waals surface area (Å²) in [5.74, 6) is -2.57. The predicted octanol–water partition coefficient (Wildman–Crippen LogP) is 1.00. The van der Waals surface area contributed by atoms with Crippen LogP contribution >= 0.6 is 10.7 Å². The Bertz CT molecular complexity index is 651. The molecule has 0 aliphatic rings. The highest BCUT2D eigenvalue weighted by Crippen LogP contribution is 2.27. The summed E-state index contributed by atoms with van der Waals surface area (Å²) in [6.45, 7) is 0. The maximum Gasteiger partial charge on any atom is 0.236 e. The van der Waals surface area contributed by atoms with Gasteiger partial charge in [-0.25, -0.2) is 21.2 Å². The highest BCUT2D eigenvalue weighted by Gasteiger charge is 2.19. The van der Waals surface area contributed by atoms with E-state index in [9.17, 15) is 26.3 Å². The van der Waals surface area contributed by atoms with Gasteiger partial charge in [-0.15, -0.1) is 0 Å². The van der Waals surface area contributed by atoms with Crippen molar-refractivity contribution in [3.8, 4) is 5.75 Å². The third kappa shape index (κ3) is 3.83. The van der Waals surface area contributed by atoms with Gasteiger partial charge in [0.1, 0.15) is 16.5 Å². The van der Waals surface area contributed by atoms with E-state index in [1.807, 2.05) is 0 Å². The number of halogens is 2. The molecule has 0 amide bonds. The standard InChI is InChI=1S/C8H8ClFO5S2/c1-16(12,13)8-3-7(11)5(2-6(8)10)4-17(9,14)15/h2-3,11H,4H2,1H3. The SMILES string of the molecule is CS(=O)(=O)c1cc(O)c(CS(=O)(=O)Cl)cc1F. The summed E-state index contributed by atoms with van der Waals surface area (Å²) in [7, 11) is -2.86. The van der Waals surface area contributed by atoms with Gasteiger partial charge in [-0.1, -0.05) is 0 Å². The minimum atomic E-state index is -3.97. The van der Waals surface area contributed by atoms with Gasteiger partial charge in [0.15, 0.2) is 9.84 Å². The van der Waals surface area contributed by atoms with E-state index in [-0.39, 0.29) is 5.56 Å². The lowest BCUT2D eigenvalue weighted by molar-refractivity contribution is 0.462. The van der Waals surface area contributed by atoms with Gasteiger partial charge in [0, 0.05) is 28.6 Å². The van der Waals surface area contributed by atoms with Crippen molar-refractivity contribution >= 4 is 29.6 Å². The molecule has 0 radical (unpaired) electrons. The molecule has 5 nitrogen and oxygen atoms in total. The fraction of sp³-hybridized carbons (Fsp3) is 0.250. The minimum Gasteiger partial charge on any atom is -0.508 e. The second-order valence-electron chi connectivity index (χ2n) is 3.37. The largest absolute Gasteiger partial charge is 0.508 e. The van der Waals surface area contributed by atoms with Crippen LogP contribution in [0.5, 0.6) is 5.75 Å². The Kier molecular flexibility index (Phi) is 3.70. The van der Waals surface area contributed by atoms with Crippen LogP contribution in [0.2, 0.25) is 0 Å². The number of aromatic hydroxyl groups is 1. The Morgan fingerprint density at radius 1 is 1.29 bits per heavy atom. The van der Waals surface area contributed by atoms with Crippen molar-refractivity contribution in [1.29, 1.82) is 0 Å². The minimum absolute atomic E-state index is 0.301. The molecule has 0 atom stereocenters. The van der Waals surface area contributed by atoms with Gasteiger partial charge < -0.3 is 5.11 Å². The Morgan fingerprint density at radius 2 is 1.82 bits per heavy atom. The van der Waals surface area contributed by atoms with Crippen molar-refractivity contribution in [3.05, 3.63) is 23.5 Å². The van der Waals surface area contributed by atoms with E-state index in [4.69, 9.17) is 10.7 Å². The number of hydrogen-bond donors (Lipinski definition) is 1. The third-order valence-corrected chi connectivity index (χ3v) is 3.96. The van der Waals surface area contributed by atoms with Crippen molar-refractivity contribution in [2.24, 2.45) is 0 Å². The Balaban J connectivity index is 3.39. The normalized spacial score (nSPS) is 12.6. The Labute approximate surface area is 102 Å². The van der Waals surface area contributed by atoms with E-state index in [1.54, 1.807) is 0 Å². The van der Waals surface area contributed by atoms with Gasteiger partial charge in [0.05, 0.1) is 5.75 Å². The van der Waals surface area contributed by atoms with E-state index in [0.29, 0.717) is 12.1 Å². The summed E-state index contributed by atoms with van der Waals surface area (Å²) >= 11 is 0. The first-order valence-electron chi connectivity index (χ1n) is 4.14. The van der Waals surface area contributed by atoms with Crippen LogP contribution in [0.1, 0.15) is 5.56 Å². The van der Waals surface area contributed by atoms with Crippen molar-refractivity contribution in [3.63, 3.8) is 0 Å². The zero-order valence-electron chi connectivity index (χ0n) is 8.51. The number of hydrogen-bond acceptors (Lipinski definition) is 5. The zero-order chi connectivity index (χ0) is 13.4. The summed E-state index contributed by atoms with van der Waals surface area (Å²) in [6, 6.07) is 1.29. The molecule has 0 saturated carbocycles. The molecule has 1 rings (SSSR count). The first-order valence-corrected chi connectivity index (χ1v) is 8.51. The number of phenolic OH excluding ortho intramolecular Hbond substituents is 1. The maximum absolute atomic E-state index is 13.4. The smallest absolute Gasteiger partial charge is 0.236 e. The first kappa shape index (κ1) is 14.2. The average molecular weight is 303 g/mol. The lowest BCUT2D eigenvalue weighted by Gasteiger charge is -2.06. The van der Waals surface area contributed by atoms with Gasteiger partial charge in [-0.3, -0.25) is 0 Å². The van der Waals surface area contributed by atoms with Gasteiger partial charge in [0.2, 0.25) is 9.05 Å². The molecule has 0 aromatic heterocycles. The van der Waals surface area contributed by atoms with Crippen molar-refractivity contribution in [2.45, 2.75) is 10.6 Å². The van der Waals surface area contributed by atoms with Crippen LogP contribution in [0.25, 0.3) is 0 Å². The Morgan fingerprint density at radius 3 is 2.24 bits per heavy atom. The van der Waals surface area contributed by atoms with Crippen molar-refractivity contribution in [2.75, 3.05) is 6.26 Å². The van der Waals surface area contributed by atoms with Gasteiger partial charge in [-0.2, -0.15) is 0 Å². The molecule has 17 heavy (non-hydrogen) atoms. The molecule has 96 valence electrons. The number of phenols is 1. The summed E-state index contributed by atoms with van der Waals surface area (Å²) in [5, 5.41) is 9.39. The molecule has 0 heterocycles. The molecule has 9 heteroatoms. The molecule has 0 fully saturated rings. The Hall–Kier alpha value is -0.860. The summed E-state index contributed by atoms with van der Waals surface area (Å²) in [6.07, 6.45) is 0.767. The molecule has 0 saturated heterocycles. The molecule has 1 aromatic carbocycles. The summed E-state index contributed by atoms with van der Waals surface area (Å²) in [5.41, 5.74) is -0.301. The molecular weight excluding hydrogens is 295 g/mol. The second kappa shape index (κ2) is 4.43. The molecule has 0 bridgehead atoms. The molecule has 1 aromatic rings. The highest BCUT2D eigenvalue weighted by molar-refractivity contribution is 8.13. The maximum atomic E-state index is 13.4. The lowest BCUT2D eigenvalue weighted by Crippen LogP contribution is -2.03. The van der Waals surface area contributed by atoms with Crippen molar-refractivity contribution in [1.82, 2.24) is 0 Å². The van der Waals surface area contributed by atoms with Crippen LogP contribution < -0.4 is 0 Å². The first-order chi connectivity index (χ1) is 7.50. The number of benzene rings is 1. The fourth-order valence-corrected chi connectivity index (χ4v) is 2.86. The molecule has 0 spiro atoms. The number of rotatable bonds is 3. The lowest BCUT2D eigenvalue weighted by atomic mass is 10.2. The average Bonchev–Trinajstić information content (AvgIpc) is 2.06. The van der Waals surface area contributed by atoms with Gasteiger partial charge in [-0.05, 0) is 6.07 Å². The van der Waals surface area contributed by atoms with Crippen LogP contribution in [0.3, 0.4) is 0 Å². The summed E-state index contributed by atoms with van der Waals surface area (Å²) < 4.78 is 57.1. The predicted molar refractivity (Wildman–Crippen MR) is 59.7 cm³/mol. The van der Waals surface area contributed by atoms with E-state index in [0.717, 1.165) is 6.26 Å². The molecule has 0 aliphatic carbocycles. The molecule has 1 N–H and O–H groups in total. The van der Waals surface area contributed by atoms with E-state index in [2.05, 4.69) is 0 Å². The van der Waals surface area contributed by atoms with Gasteiger partial charge >= 0.3 is 0 Å². The van der Waals surface area contributed by atoms with E-state index < -0.39 is 41.1 Å². The quantitative estimate of drug-likeness (QED) is 0.842. The van der Waals surface area contributed by atoms with Crippen LogP contribution in [-0.2, 0) is 24.6 Å². The van der Waals surface area contributed by atoms with Crippen molar-refractivity contribution < 1.29 is 26.3 Å². The monoisotopic (exact) mass is 302 g/mol. The third-order valence-electron chi connectivity index (χ3n) is 1.86.